The number of amides is 2. The third-order valence-electron chi connectivity index (χ3n) is 8.27. The van der Waals surface area contributed by atoms with Gasteiger partial charge in [0.2, 0.25) is 5.91 Å². The second kappa shape index (κ2) is 13.2. The molecule has 230 valence electrons. The lowest BCUT2D eigenvalue weighted by Gasteiger charge is -2.28. The zero-order valence-corrected chi connectivity index (χ0v) is 26.1. The van der Waals surface area contributed by atoms with E-state index in [1.54, 1.807) is 31.9 Å². The van der Waals surface area contributed by atoms with Crippen molar-refractivity contribution in [3.05, 3.63) is 105 Å². The van der Waals surface area contributed by atoms with Crippen LogP contribution in [0.1, 0.15) is 51.0 Å². The van der Waals surface area contributed by atoms with E-state index >= 15 is 0 Å². The molecule has 1 aromatic heterocycles. The maximum Gasteiger partial charge on any atom is 0.274 e. The van der Waals surface area contributed by atoms with Crippen molar-refractivity contribution in [1.29, 1.82) is 0 Å². The Morgan fingerprint density at radius 3 is 2.68 bits per heavy atom. The number of allylic oxidation sites excluding steroid dienone is 1. The standard InChI is InChI=1S/C33H37N5O5S/c1-6-13-34-29-20(2)33(32(41)37-29)15-22-11-12-25(14-24(22)16-33)36-28(39)18-38(30(40)27-19-44-21(3)35-27)17-23-9-7-8-10-26(23)31(42-4)43-5/h6-14,19,31-32,37,41H,1,15-18H2,2-5H3,(H,36,39). The van der Waals surface area contributed by atoms with Gasteiger partial charge in [0.25, 0.3) is 5.91 Å². The fraction of sp³-hybridized carbons (Fsp3) is 0.333. The molecule has 3 aromatic rings. The maximum absolute atomic E-state index is 13.6. The Balaban J connectivity index is 1.35. The Bertz CT molecular complexity index is 1630. The highest BCUT2D eigenvalue weighted by molar-refractivity contribution is 7.09. The van der Waals surface area contributed by atoms with Crippen LogP contribution in [-0.2, 0) is 33.7 Å². The molecular weight excluding hydrogens is 578 g/mol. The van der Waals surface area contributed by atoms with E-state index in [2.05, 4.69) is 27.2 Å². The Kier molecular flexibility index (Phi) is 9.40. The number of anilines is 1. The molecule has 2 atom stereocenters. The third kappa shape index (κ3) is 6.22. The summed E-state index contributed by atoms with van der Waals surface area (Å²) < 4.78 is 11.0. The van der Waals surface area contributed by atoms with Crippen LogP contribution in [0.15, 0.2) is 76.9 Å². The molecule has 5 rings (SSSR count). The summed E-state index contributed by atoms with van der Waals surface area (Å²) in [6, 6.07) is 13.3. The van der Waals surface area contributed by atoms with Gasteiger partial charge in [0.15, 0.2) is 6.29 Å². The van der Waals surface area contributed by atoms with Crippen molar-refractivity contribution in [2.24, 2.45) is 10.4 Å². The number of aliphatic imine (C=N–C) groups is 1. The van der Waals surface area contributed by atoms with Gasteiger partial charge in [0.1, 0.15) is 24.3 Å². The molecule has 0 fully saturated rings. The summed E-state index contributed by atoms with van der Waals surface area (Å²) in [4.78, 5) is 37.3. The van der Waals surface area contributed by atoms with Gasteiger partial charge in [0, 0.05) is 49.0 Å². The Morgan fingerprint density at radius 1 is 1.23 bits per heavy atom. The number of carbonyl (C=O) groups is 2. The van der Waals surface area contributed by atoms with Gasteiger partial charge in [-0.3, -0.25) is 9.59 Å². The first-order valence-electron chi connectivity index (χ1n) is 14.3. The van der Waals surface area contributed by atoms with Crippen LogP contribution in [0.4, 0.5) is 5.69 Å². The monoisotopic (exact) mass is 615 g/mol. The molecule has 11 heteroatoms. The summed E-state index contributed by atoms with van der Waals surface area (Å²) in [5.41, 5.74) is 5.10. The van der Waals surface area contributed by atoms with Crippen molar-refractivity contribution in [3.63, 3.8) is 0 Å². The molecule has 1 aliphatic heterocycles. The van der Waals surface area contributed by atoms with E-state index in [0.29, 0.717) is 30.0 Å². The van der Waals surface area contributed by atoms with Crippen LogP contribution < -0.4 is 10.6 Å². The lowest BCUT2D eigenvalue weighted by Crippen LogP contribution is -2.39. The number of hydrogen-bond acceptors (Lipinski definition) is 9. The number of nitrogens with zero attached hydrogens (tertiary/aromatic N) is 3. The number of nitrogens with one attached hydrogen (secondary N) is 2. The molecule has 2 unspecified atom stereocenters. The lowest BCUT2D eigenvalue weighted by atomic mass is 9.78. The number of rotatable bonds is 11. The molecule has 0 saturated heterocycles. The summed E-state index contributed by atoms with van der Waals surface area (Å²) in [6.45, 7) is 7.46. The summed E-state index contributed by atoms with van der Waals surface area (Å²) in [7, 11) is 3.10. The quantitative estimate of drug-likeness (QED) is 0.214. The van der Waals surface area contributed by atoms with E-state index in [9.17, 15) is 14.7 Å². The van der Waals surface area contributed by atoms with Gasteiger partial charge < -0.3 is 30.1 Å². The maximum atomic E-state index is 13.6. The highest BCUT2D eigenvalue weighted by Crippen LogP contribution is 2.49. The molecule has 2 heterocycles. The molecule has 0 bridgehead atoms. The highest BCUT2D eigenvalue weighted by Gasteiger charge is 2.50. The van der Waals surface area contributed by atoms with Gasteiger partial charge >= 0.3 is 0 Å². The van der Waals surface area contributed by atoms with Crippen molar-refractivity contribution in [3.8, 4) is 0 Å². The largest absolute Gasteiger partial charge is 0.373 e. The summed E-state index contributed by atoms with van der Waals surface area (Å²) in [5.74, 6) is -0.0330. The van der Waals surface area contributed by atoms with E-state index in [1.165, 1.54) is 16.2 Å². The third-order valence-corrected chi connectivity index (χ3v) is 9.04. The van der Waals surface area contributed by atoms with Gasteiger partial charge in [-0.1, -0.05) is 43.0 Å². The second-order valence-electron chi connectivity index (χ2n) is 11.0. The molecule has 1 aliphatic carbocycles. The van der Waals surface area contributed by atoms with Crippen molar-refractivity contribution in [2.45, 2.75) is 45.8 Å². The van der Waals surface area contributed by atoms with Crippen LogP contribution in [0.2, 0.25) is 0 Å². The first kappa shape index (κ1) is 31.3. The van der Waals surface area contributed by atoms with E-state index in [1.807, 2.05) is 56.3 Å². The van der Waals surface area contributed by atoms with Crippen LogP contribution in [0.25, 0.3) is 0 Å². The smallest absolute Gasteiger partial charge is 0.274 e. The molecule has 0 saturated carbocycles. The number of thiazole rings is 1. The van der Waals surface area contributed by atoms with Crippen molar-refractivity contribution in [2.75, 3.05) is 26.1 Å². The molecule has 0 radical (unpaired) electrons. The summed E-state index contributed by atoms with van der Waals surface area (Å²) in [6.07, 6.45) is 3.05. The topological polar surface area (TPSA) is 125 Å². The zero-order chi connectivity index (χ0) is 31.4. The molecule has 2 aromatic carbocycles. The van der Waals surface area contributed by atoms with Gasteiger partial charge in [0.05, 0.1) is 5.01 Å². The predicted molar refractivity (Wildman–Crippen MR) is 170 cm³/mol. The number of aliphatic hydroxyl groups excluding tert-OH is 1. The van der Waals surface area contributed by atoms with Crippen LogP contribution in [0.5, 0.6) is 0 Å². The molecule has 2 aliphatic rings. The normalized spacial score (nSPS) is 19.1. The second-order valence-corrected chi connectivity index (χ2v) is 12.1. The fourth-order valence-electron chi connectivity index (χ4n) is 5.98. The number of aryl methyl sites for hydroxylation is 1. The molecular formula is C33H37N5O5S. The minimum Gasteiger partial charge on any atom is -0.373 e. The van der Waals surface area contributed by atoms with Crippen LogP contribution in [-0.4, -0.2) is 60.0 Å². The average Bonchev–Trinajstić information content (AvgIpc) is 3.69. The van der Waals surface area contributed by atoms with E-state index < -0.39 is 17.9 Å². The molecule has 10 nitrogen and oxygen atoms in total. The average molecular weight is 616 g/mol. The Hall–Kier alpha value is -4.16. The number of benzene rings is 2. The number of aromatic nitrogens is 1. The molecule has 1 spiro atoms. The van der Waals surface area contributed by atoms with Crippen LogP contribution in [0, 0.1) is 12.3 Å². The minimum absolute atomic E-state index is 0.155. The van der Waals surface area contributed by atoms with E-state index in [4.69, 9.17) is 9.47 Å². The summed E-state index contributed by atoms with van der Waals surface area (Å²) >= 11 is 1.38. The van der Waals surface area contributed by atoms with Gasteiger partial charge in [-0.2, -0.15) is 0 Å². The molecule has 3 N–H and O–H groups in total. The fourth-order valence-corrected chi connectivity index (χ4v) is 6.57. The van der Waals surface area contributed by atoms with Crippen LogP contribution >= 0.6 is 11.3 Å². The number of aliphatic hydroxyl groups is 1. The Morgan fingerprint density at radius 2 is 1.98 bits per heavy atom. The van der Waals surface area contributed by atoms with Crippen molar-refractivity contribution < 1.29 is 24.2 Å². The van der Waals surface area contributed by atoms with E-state index in [0.717, 1.165) is 32.8 Å². The number of hydrogen-bond donors (Lipinski definition) is 3. The number of methoxy groups -OCH3 is 2. The van der Waals surface area contributed by atoms with Gasteiger partial charge in [-0.25, -0.2) is 9.98 Å². The molecule has 44 heavy (non-hydrogen) atoms. The minimum atomic E-state index is -0.780. The first-order valence-corrected chi connectivity index (χ1v) is 15.1. The van der Waals surface area contributed by atoms with Gasteiger partial charge in [-0.05, 0) is 61.1 Å². The SMILES string of the molecule is C=CC=NC1=C(C)C2(Cc3ccc(NC(=O)CN(Cc4ccccc4C(OC)OC)C(=O)c4csc(C)n4)cc3C2)C(O)N1. The lowest BCUT2D eigenvalue weighted by molar-refractivity contribution is -0.117. The number of ether oxygens (including phenoxy) is 2. The van der Waals surface area contributed by atoms with Gasteiger partial charge in [-0.15, -0.1) is 11.3 Å². The zero-order valence-electron chi connectivity index (χ0n) is 25.3. The van der Waals surface area contributed by atoms with Crippen LogP contribution in [0.3, 0.4) is 0 Å². The number of fused-ring (bicyclic) bond motifs is 1. The predicted octanol–water partition coefficient (Wildman–Crippen LogP) is 4.52. The molecule has 2 amide bonds. The van der Waals surface area contributed by atoms with E-state index in [-0.39, 0.29) is 24.9 Å². The Labute approximate surface area is 261 Å². The number of carbonyl (C=O) groups excluding carboxylic acids is 2. The first-order chi connectivity index (χ1) is 21.2. The highest BCUT2D eigenvalue weighted by atomic mass is 32.1. The summed E-state index contributed by atoms with van der Waals surface area (Å²) in [5, 5.41) is 19.5. The van der Waals surface area contributed by atoms with Crippen molar-refractivity contribution >= 4 is 35.1 Å². The van der Waals surface area contributed by atoms with Crippen molar-refractivity contribution in [1.82, 2.24) is 15.2 Å².